The summed E-state index contributed by atoms with van der Waals surface area (Å²) in [5, 5.41) is 5.59. The number of aromatic amines is 1. The first-order valence-corrected chi connectivity index (χ1v) is 10.3. The SMILES string of the molecule is CN(C)CCNC(=O)c1c(/C=C/c2ccc(Cl)cc2)[nH]c2c1=CCC=C(Br)C=2. The van der Waals surface area contributed by atoms with E-state index in [2.05, 4.69) is 38.4 Å². The first-order valence-electron chi connectivity index (χ1n) is 9.10. The number of benzene rings is 1. The molecule has 1 amide bonds. The molecule has 146 valence electrons. The highest BCUT2D eigenvalue weighted by Crippen LogP contribution is 2.14. The van der Waals surface area contributed by atoms with Gasteiger partial charge in [-0.3, -0.25) is 4.79 Å². The molecule has 1 heterocycles. The Labute approximate surface area is 178 Å². The fourth-order valence-corrected chi connectivity index (χ4v) is 3.51. The van der Waals surface area contributed by atoms with E-state index in [1.54, 1.807) is 0 Å². The Bertz CT molecular complexity index is 1030. The number of carbonyl (C=O) groups excluding carboxylic acids is 1. The Hall–Kier alpha value is -2.08. The van der Waals surface area contributed by atoms with E-state index in [0.717, 1.165) is 39.3 Å². The zero-order valence-electron chi connectivity index (χ0n) is 15.9. The van der Waals surface area contributed by atoms with Crippen molar-refractivity contribution < 1.29 is 4.79 Å². The average molecular weight is 461 g/mol. The van der Waals surface area contributed by atoms with E-state index in [1.807, 2.05) is 61.5 Å². The number of fused-ring (bicyclic) bond motifs is 1. The lowest BCUT2D eigenvalue weighted by Crippen LogP contribution is -2.36. The lowest BCUT2D eigenvalue weighted by molar-refractivity contribution is 0.0950. The second-order valence-electron chi connectivity index (χ2n) is 6.86. The predicted molar refractivity (Wildman–Crippen MR) is 122 cm³/mol. The van der Waals surface area contributed by atoms with Crippen molar-refractivity contribution in [3.05, 3.63) is 67.2 Å². The summed E-state index contributed by atoms with van der Waals surface area (Å²) >= 11 is 9.51. The summed E-state index contributed by atoms with van der Waals surface area (Å²) in [6, 6.07) is 7.59. The molecular weight excluding hydrogens is 438 g/mol. The highest BCUT2D eigenvalue weighted by atomic mass is 79.9. The zero-order chi connectivity index (χ0) is 20.1. The fraction of sp³-hybridized carbons (Fsp3) is 0.227. The van der Waals surface area contributed by atoms with Gasteiger partial charge in [0.25, 0.3) is 5.91 Å². The molecule has 28 heavy (non-hydrogen) atoms. The molecule has 1 aliphatic carbocycles. The molecule has 0 unspecified atom stereocenters. The molecule has 1 aliphatic rings. The van der Waals surface area contributed by atoms with Gasteiger partial charge in [-0.2, -0.15) is 0 Å². The van der Waals surface area contributed by atoms with Crippen molar-refractivity contribution in [1.29, 1.82) is 0 Å². The number of aromatic nitrogens is 1. The topological polar surface area (TPSA) is 48.1 Å². The van der Waals surface area contributed by atoms with Gasteiger partial charge >= 0.3 is 0 Å². The standard InChI is InChI=1S/C22H23BrClN3O/c1-27(2)13-12-25-22(28)21-18-5-3-4-16(23)14-20(18)26-19(21)11-8-15-6-9-17(24)10-7-15/h4-11,14,26H,3,12-13H2,1-2H3,(H,25,28)/b11-8+. The average Bonchev–Trinajstić information content (AvgIpc) is 2.87. The van der Waals surface area contributed by atoms with E-state index in [1.165, 1.54) is 0 Å². The maximum atomic E-state index is 13.0. The summed E-state index contributed by atoms with van der Waals surface area (Å²) < 4.78 is 0.997. The van der Waals surface area contributed by atoms with E-state index < -0.39 is 0 Å². The number of hydrogen-bond acceptors (Lipinski definition) is 2. The maximum Gasteiger partial charge on any atom is 0.254 e. The van der Waals surface area contributed by atoms with Crippen LogP contribution in [-0.2, 0) is 0 Å². The lowest BCUT2D eigenvalue weighted by atomic mass is 10.1. The van der Waals surface area contributed by atoms with Crippen molar-refractivity contribution in [3.8, 4) is 0 Å². The minimum absolute atomic E-state index is 0.0715. The number of allylic oxidation sites excluding steroid dienone is 2. The normalized spacial score (nSPS) is 13.5. The maximum absolute atomic E-state index is 13.0. The third-order valence-corrected chi connectivity index (χ3v) is 5.20. The second kappa shape index (κ2) is 9.41. The Morgan fingerprint density at radius 1 is 1.25 bits per heavy atom. The number of amides is 1. The molecule has 0 atom stereocenters. The zero-order valence-corrected chi connectivity index (χ0v) is 18.3. The lowest BCUT2D eigenvalue weighted by Gasteiger charge is -2.10. The van der Waals surface area contributed by atoms with Crippen LogP contribution in [0.3, 0.4) is 0 Å². The number of carbonyl (C=O) groups is 1. The van der Waals surface area contributed by atoms with Crippen LogP contribution >= 0.6 is 27.5 Å². The minimum atomic E-state index is -0.0715. The first-order chi connectivity index (χ1) is 13.4. The van der Waals surface area contributed by atoms with Crippen LogP contribution < -0.4 is 15.9 Å². The number of nitrogens with one attached hydrogen (secondary N) is 2. The molecule has 2 aromatic rings. The first kappa shape index (κ1) is 20.6. The van der Waals surface area contributed by atoms with Crippen LogP contribution in [0.25, 0.3) is 24.3 Å². The van der Waals surface area contributed by atoms with Gasteiger partial charge in [0.1, 0.15) is 0 Å². The van der Waals surface area contributed by atoms with E-state index in [4.69, 9.17) is 11.6 Å². The van der Waals surface area contributed by atoms with Gasteiger partial charge in [-0.15, -0.1) is 0 Å². The molecule has 6 heteroatoms. The van der Waals surface area contributed by atoms with Crippen LogP contribution in [0.4, 0.5) is 0 Å². The molecular formula is C22H23BrClN3O. The van der Waals surface area contributed by atoms with Gasteiger partial charge in [-0.05, 0) is 50.4 Å². The number of nitrogens with zero attached hydrogens (tertiary/aromatic N) is 1. The van der Waals surface area contributed by atoms with Crippen molar-refractivity contribution in [2.24, 2.45) is 0 Å². The van der Waals surface area contributed by atoms with Gasteiger partial charge in [0.2, 0.25) is 0 Å². The van der Waals surface area contributed by atoms with E-state index in [0.29, 0.717) is 17.1 Å². The van der Waals surface area contributed by atoms with Gasteiger partial charge in [0.15, 0.2) is 0 Å². The van der Waals surface area contributed by atoms with E-state index in [9.17, 15) is 4.79 Å². The number of hydrogen-bond donors (Lipinski definition) is 2. The number of H-pyrrole nitrogens is 1. The monoisotopic (exact) mass is 459 g/mol. The summed E-state index contributed by atoms with van der Waals surface area (Å²) in [7, 11) is 3.97. The Morgan fingerprint density at radius 3 is 2.71 bits per heavy atom. The van der Waals surface area contributed by atoms with Crippen LogP contribution in [0.15, 0.2) is 34.8 Å². The molecule has 0 saturated carbocycles. The highest BCUT2D eigenvalue weighted by molar-refractivity contribution is 9.12. The molecule has 0 saturated heterocycles. The molecule has 0 aliphatic heterocycles. The van der Waals surface area contributed by atoms with Crippen LogP contribution in [0, 0.1) is 0 Å². The highest BCUT2D eigenvalue weighted by Gasteiger charge is 2.16. The third-order valence-electron chi connectivity index (χ3n) is 4.40. The summed E-state index contributed by atoms with van der Waals surface area (Å²) in [6.45, 7) is 1.38. The van der Waals surface area contributed by atoms with Crippen LogP contribution in [0.5, 0.6) is 0 Å². The van der Waals surface area contributed by atoms with Gasteiger partial charge in [-0.25, -0.2) is 0 Å². The quantitative estimate of drug-likeness (QED) is 0.694. The Morgan fingerprint density at radius 2 is 2.00 bits per heavy atom. The molecule has 1 aromatic heterocycles. The van der Waals surface area contributed by atoms with E-state index in [-0.39, 0.29) is 5.91 Å². The van der Waals surface area contributed by atoms with Crippen molar-refractivity contribution in [2.45, 2.75) is 6.42 Å². The fourth-order valence-electron chi connectivity index (χ4n) is 2.97. The van der Waals surface area contributed by atoms with Gasteiger partial charge < -0.3 is 15.2 Å². The smallest absolute Gasteiger partial charge is 0.254 e. The summed E-state index contributed by atoms with van der Waals surface area (Å²) in [5.41, 5.74) is 2.48. The molecule has 1 aromatic carbocycles. The van der Waals surface area contributed by atoms with Gasteiger partial charge in [0, 0.05) is 33.2 Å². The molecule has 0 spiro atoms. The van der Waals surface area contributed by atoms with Crippen LogP contribution in [0.2, 0.25) is 5.02 Å². The minimum Gasteiger partial charge on any atom is -0.354 e. The molecule has 3 rings (SSSR count). The number of halogens is 2. The number of likely N-dealkylation sites (N-methyl/N-ethyl adjacent to an activating group) is 1. The molecule has 0 fully saturated rings. The van der Waals surface area contributed by atoms with Crippen molar-refractivity contribution in [1.82, 2.24) is 15.2 Å². The van der Waals surface area contributed by atoms with Gasteiger partial charge in [-0.1, -0.05) is 57.9 Å². The third kappa shape index (κ3) is 5.25. The van der Waals surface area contributed by atoms with Crippen molar-refractivity contribution in [3.63, 3.8) is 0 Å². The summed E-state index contributed by atoms with van der Waals surface area (Å²) in [4.78, 5) is 18.4. The van der Waals surface area contributed by atoms with E-state index >= 15 is 0 Å². The van der Waals surface area contributed by atoms with Crippen LogP contribution in [-0.4, -0.2) is 43.0 Å². The largest absolute Gasteiger partial charge is 0.354 e. The molecule has 0 bridgehead atoms. The van der Waals surface area contributed by atoms with Crippen molar-refractivity contribution >= 4 is 57.7 Å². The predicted octanol–water partition coefficient (Wildman–Crippen LogP) is 3.37. The summed E-state index contributed by atoms with van der Waals surface area (Å²) in [5.74, 6) is -0.0715. The summed E-state index contributed by atoms with van der Waals surface area (Å²) in [6.07, 6.45) is 10.8. The molecule has 2 N–H and O–H groups in total. The number of rotatable bonds is 6. The Balaban J connectivity index is 1.99. The molecule has 0 radical (unpaired) electrons. The molecule has 4 nitrogen and oxygen atoms in total. The van der Waals surface area contributed by atoms with Crippen LogP contribution in [0.1, 0.15) is 28.0 Å². The Kier molecular flexibility index (Phi) is 6.94. The van der Waals surface area contributed by atoms with Gasteiger partial charge in [0.05, 0.1) is 11.3 Å². The second-order valence-corrected chi connectivity index (χ2v) is 8.21. The van der Waals surface area contributed by atoms with Crippen molar-refractivity contribution in [2.75, 3.05) is 27.2 Å².